The first-order valence-electron chi connectivity index (χ1n) is 9.50. The van der Waals surface area contributed by atoms with Gasteiger partial charge in [-0.15, -0.1) is 0 Å². The first-order valence-corrected chi connectivity index (χ1v) is 9.50. The molecule has 0 N–H and O–H groups in total. The Labute approximate surface area is 166 Å². The number of ketones is 1. The molecular weight excluding hydrogens is 372 g/mol. The Hall–Kier alpha value is -3.48. The van der Waals surface area contributed by atoms with Crippen LogP contribution in [0.25, 0.3) is 0 Å². The van der Waals surface area contributed by atoms with Crippen molar-refractivity contribution >= 4 is 23.3 Å². The van der Waals surface area contributed by atoms with Gasteiger partial charge in [-0.05, 0) is 43.2 Å². The minimum Gasteiger partial charge on any atom is -0.454 e. The summed E-state index contributed by atoms with van der Waals surface area (Å²) in [7, 11) is 0. The van der Waals surface area contributed by atoms with E-state index in [1.54, 1.807) is 31.2 Å². The lowest BCUT2D eigenvalue weighted by Crippen LogP contribution is -2.43. The van der Waals surface area contributed by atoms with Gasteiger partial charge in [-0.25, -0.2) is 0 Å². The van der Waals surface area contributed by atoms with E-state index < -0.39 is 17.9 Å². The number of carbonyl (C=O) groups is 3. The molecule has 0 aromatic heterocycles. The van der Waals surface area contributed by atoms with Gasteiger partial charge < -0.3 is 9.47 Å². The Balaban J connectivity index is 1.39. The van der Waals surface area contributed by atoms with Crippen molar-refractivity contribution in [3.8, 4) is 11.5 Å². The molecule has 0 fully saturated rings. The zero-order chi connectivity index (χ0) is 20.1. The van der Waals surface area contributed by atoms with Gasteiger partial charge in [0.2, 0.25) is 6.79 Å². The van der Waals surface area contributed by atoms with Gasteiger partial charge in [0, 0.05) is 17.8 Å². The standard InChI is InChI=1S/C22H18N2O5/c1-12(24-21(26)14-4-2-3-5-15(14)22(24)27)18(25)10-17-16-9-20-19(28-11-29-20)8-13(16)6-7-23-17/h2-5,8-9,12H,6-7,10-11H2,1H3/t12-/m0/s1. The fourth-order valence-electron chi connectivity index (χ4n) is 4.02. The van der Waals surface area contributed by atoms with E-state index in [2.05, 4.69) is 4.99 Å². The van der Waals surface area contributed by atoms with Crippen LogP contribution in [0.1, 0.15) is 45.2 Å². The number of aliphatic imine (C=N–C) groups is 1. The molecule has 1 atom stereocenters. The van der Waals surface area contributed by atoms with Crippen LogP contribution in [0.4, 0.5) is 0 Å². The maximum Gasteiger partial charge on any atom is 0.262 e. The lowest BCUT2D eigenvalue weighted by Gasteiger charge is -2.23. The Morgan fingerprint density at radius 2 is 1.72 bits per heavy atom. The number of nitrogens with zero attached hydrogens (tertiary/aromatic N) is 2. The third-order valence-electron chi connectivity index (χ3n) is 5.61. The van der Waals surface area contributed by atoms with Crippen LogP contribution in [0.2, 0.25) is 0 Å². The maximum absolute atomic E-state index is 13.0. The summed E-state index contributed by atoms with van der Waals surface area (Å²) in [6, 6.07) is 9.55. The molecule has 29 heavy (non-hydrogen) atoms. The van der Waals surface area contributed by atoms with E-state index in [0.29, 0.717) is 34.9 Å². The van der Waals surface area contributed by atoms with E-state index in [1.165, 1.54) is 0 Å². The second kappa shape index (κ2) is 6.55. The number of amides is 2. The van der Waals surface area contributed by atoms with Gasteiger partial charge >= 0.3 is 0 Å². The molecule has 3 aliphatic rings. The molecule has 0 radical (unpaired) electrons. The van der Waals surface area contributed by atoms with Crippen LogP contribution in [-0.2, 0) is 11.2 Å². The van der Waals surface area contributed by atoms with Crippen LogP contribution >= 0.6 is 0 Å². The summed E-state index contributed by atoms with van der Waals surface area (Å²) in [6.07, 6.45) is 0.804. The van der Waals surface area contributed by atoms with Gasteiger partial charge in [-0.2, -0.15) is 0 Å². The predicted octanol–water partition coefficient (Wildman–Crippen LogP) is 2.40. The maximum atomic E-state index is 13.0. The first kappa shape index (κ1) is 17.6. The minimum atomic E-state index is -0.871. The van der Waals surface area contributed by atoms with Crippen LogP contribution in [0.15, 0.2) is 41.4 Å². The van der Waals surface area contributed by atoms with Crippen LogP contribution < -0.4 is 9.47 Å². The number of Topliss-reactive ketones (excluding diaryl/α,β-unsaturated/α-hetero) is 1. The molecule has 2 aromatic carbocycles. The van der Waals surface area contributed by atoms with E-state index >= 15 is 0 Å². The van der Waals surface area contributed by atoms with Crippen molar-refractivity contribution in [2.24, 2.45) is 4.99 Å². The monoisotopic (exact) mass is 390 g/mol. The minimum absolute atomic E-state index is 0.0429. The molecule has 3 heterocycles. The fourth-order valence-corrected chi connectivity index (χ4v) is 4.02. The molecule has 146 valence electrons. The second-order valence-corrected chi connectivity index (χ2v) is 7.29. The first-order chi connectivity index (χ1) is 14.0. The van der Waals surface area contributed by atoms with E-state index in [0.717, 1.165) is 22.4 Å². The number of hydrogen-bond acceptors (Lipinski definition) is 6. The summed E-state index contributed by atoms with van der Waals surface area (Å²) in [5, 5.41) is 0. The quantitative estimate of drug-likeness (QED) is 0.749. The van der Waals surface area contributed by atoms with Crippen LogP contribution in [0, 0.1) is 0 Å². The van der Waals surface area contributed by atoms with Crippen molar-refractivity contribution in [1.82, 2.24) is 4.90 Å². The Bertz CT molecular complexity index is 1070. The van der Waals surface area contributed by atoms with Crippen molar-refractivity contribution in [2.45, 2.75) is 25.8 Å². The Morgan fingerprint density at radius 3 is 2.41 bits per heavy atom. The van der Waals surface area contributed by atoms with Crippen molar-refractivity contribution in [2.75, 3.05) is 13.3 Å². The molecule has 3 aliphatic heterocycles. The molecule has 0 bridgehead atoms. The average Bonchev–Trinajstić information content (AvgIpc) is 3.29. The van der Waals surface area contributed by atoms with Gasteiger partial charge in [0.25, 0.3) is 11.8 Å². The third kappa shape index (κ3) is 2.73. The Morgan fingerprint density at radius 1 is 1.07 bits per heavy atom. The average molecular weight is 390 g/mol. The molecule has 0 saturated carbocycles. The Kier molecular flexibility index (Phi) is 3.97. The number of carbonyl (C=O) groups excluding carboxylic acids is 3. The number of hydrogen-bond donors (Lipinski definition) is 0. The predicted molar refractivity (Wildman–Crippen MR) is 104 cm³/mol. The van der Waals surface area contributed by atoms with Gasteiger partial charge in [0.05, 0.1) is 23.6 Å². The lowest BCUT2D eigenvalue weighted by atomic mass is 9.93. The van der Waals surface area contributed by atoms with Gasteiger partial charge in [-0.1, -0.05) is 12.1 Å². The zero-order valence-corrected chi connectivity index (χ0v) is 15.8. The molecule has 2 aromatic rings. The van der Waals surface area contributed by atoms with Gasteiger partial charge in [-0.3, -0.25) is 24.3 Å². The highest BCUT2D eigenvalue weighted by Crippen LogP contribution is 2.36. The summed E-state index contributed by atoms with van der Waals surface area (Å²) >= 11 is 0. The van der Waals surface area contributed by atoms with Crippen molar-refractivity contribution < 1.29 is 23.9 Å². The summed E-state index contributed by atoms with van der Waals surface area (Å²) < 4.78 is 10.9. The number of imide groups is 1. The summed E-state index contributed by atoms with van der Waals surface area (Å²) in [4.78, 5) is 43.9. The normalized spacial score (nSPS) is 17.7. The van der Waals surface area contributed by atoms with Gasteiger partial charge in [0.1, 0.15) is 0 Å². The van der Waals surface area contributed by atoms with E-state index in [-0.39, 0.29) is 19.0 Å². The second-order valence-electron chi connectivity index (χ2n) is 7.29. The van der Waals surface area contributed by atoms with Crippen molar-refractivity contribution in [3.63, 3.8) is 0 Å². The SMILES string of the molecule is C[C@@H](C(=O)CC1=NCCc2cc3c(cc21)OCO3)N1C(=O)c2ccccc2C1=O. The molecular formula is C22H18N2O5. The smallest absolute Gasteiger partial charge is 0.262 e. The highest BCUT2D eigenvalue weighted by atomic mass is 16.7. The van der Waals surface area contributed by atoms with E-state index in [1.807, 2.05) is 12.1 Å². The fraction of sp³-hybridized carbons (Fsp3) is 0.273. The molecule has 7 nitrogen and oxygen atoms in total. The van der Waals surface area contributed by atoms with E-state index in [4.69, 9.17) is 9.47 Å². The third-order valence-corrected chi connectivity index (χ3v) is 5.61. The molecule has 2 amide bonds. The molecule has 0 saturated heterocycles. The number of rotatable bonds is 4. The molecule has 0 unspecified atom stereocenters. The largest absolute Gasteiger partial charge is 0.454 e. The van der Waals surface area contributed by atoms with Crippen LogP contribution in [-0.4, -0.2) is 47.6 Å². The van der Waals surface area contributed by atoms with Crippen LogP contribution in [0.5, 0.6) is 11.5 Å². The number of ether oxygens (including phenoxy) is 2. The van der Waals surface area contributed by atoms with Crippen molar-refractivity contribution in [3.05, 3.63) is 58.7 Å². The number of fused-ring (bicyclic) bond motifs is 3. The lowest BCUT2D eigenvalue weighted by molar-refractivity contribution is -0.121. The summed E-state index contributed by atoms with van der Waals surface area (Å²) in [5.74, 6) is 0.250. The molecule has 0 aliphatic carbocycles. The van der Waals surface area contributed by atoms with Crippen molar-refractivity contribution in [1.29, 1.82) is 0 Å². The topological polar surface area (TPSA) is 85.3 Å². The van der Waals surface area contributed by atoms with Crippen LogP contribution in [0.3, 0.4) is 0 Å². The molecule has 7 heteroatoms. The highest BCUT2D eigenvalue weighted by molar-refractivity contribution is 6.24. The zero-order valence-electron chi connectivity index (χ0n) is 15.8. The summed E-state index contributed by atoms with van der Waals surface area (Å²) in [5.41, 5.74) is 3.25. The highest BCUT2D eigenvalue weighted by Gasteiger charge is 2.40. The number of benzene rings is 2. The summed E-state index contributed by atoms with van der Waals surface area (Å²) in [6.45, 7) is 2.35. The van der Waals surface area contributed by atoms with E-state index in [9.17, 15) is 14.4 Å². The molecule has 5 rings (SSSR count). The van der Waals surface area contributed by atoms with Gasteiger partial charge in [0.15, 0.2) is 17.3 Å². The molecule has 0 spiro atoms.